The molecule has 2 fully saturated rings. The second-order valence-corrected chi connectivity index (χ2v) is 4.18. The lowest BCUT2D eigenvalue weighted by atomic mass is 9.97. The third-order valence-corrected chi connectivity index (χ3v) is 3.16. The number of ether oxygens (including phenoxy) is 2. The number of carbonyl (C=O) groups is 2. The highest BCUT2D eigenvalue weighted by molar-refractivity contribution is 5.86. The molecule has 2 saturated heterocycles. The van der Waals surface area contributed by atoms with E-state index in [9.17, 15) is 9.59 Å². The van der Waals surface area contributed by atoms with Gasteiger partial charge in [0.15, 0.2) is 0 Å². The Morgan fingerprint density at radius 1 is 1.44 bits per heavy atom. The van der Waals surface area contributed by atoms with Crippen LogP contribution in [0.1, 0.15) is 19.8 Å². The van der Waals surface area contributed by atoms with Crippen molar-refractivity contribution in [2.24, 2.45) is 5.92 Å². The number of rotatable bonds is 2. The molecular formula is C11H17NO4. The van der Waals surface area contributed by atoms with E-state index >= 15 is 0 Å². The summed E-state index contributed by atoms with van der Waals surface area (Å²) in [6, 6.07) is 0. The van der Waals surface area contributed by atoms with Crippen LogP contribution in [-0.4, -0.2) is 49.2 Å². The smallest absolute Gasteiger partial charge is 0.307 e. The van der Waals surface area contributed by atoms with E-state index in [1.807, 2.05) is 6.92 Å². The lowest BCUT2D eigenvalue weighted by Crippen LogP contribution is -2.45. The van der Waals surface area contributed by atoms with Crippen LogP contribution in [-0.2, 0) is 19.1 Å². The van der Waals surface area contributed by atoms with Gasteiger partial charge in [-0.25, -0.2) is 0 Å². The van der Waals surface area contributed by atoms with Crippen LogP contribution < -0.4 is 0 Å². The number of morpholine rings is 1. The fraction of sp³-hybridized carbons (Fsp3) is 0.818. The molecule has 0 aromatic rings. The summed E-state index contributed by atoms with van der Waals surface area (Å²) in [6.45, 7) is 4.36. The number of cyclic esters (lactones) is 1. The van der Waals surface area contributed by atoms with E-state index in [-0.39, 0.29) is 30.3 Å². The first-order valence-corrected chi connectivity index (χ1v) is 5.78. The molecule has 2 aliphatic rings. The van der Waals surface area contributed by atoms with Crippen molar-refractivity contribution in [2.75, 3.05) is 26.3 Å². The van der Waals surface area contributed by atoms with Crippen molar-refractivity contribution in [3.05, 3.63) is 0 Å². The second-order valence-electron chi connectivity index (χ2n) is 4.18. The molecule has 0 aromatic carbocycles. The number of hydrogen-bond acceptors (Lipinski definition) is 4. The Labute approximate surface area is 94.7 Å². The lowest BCUT2D eigenvalue weighted by Gasteiger charge is -2.29. The average Bonchev–Trinajstić information content (AvgIpc) is 2.70. The Morgan fingerprint density at radius 2 is 2.12 bits per heavy atom. The molecule has 0 spiro atoms. The Bertz CT molecular complexity index is 286. The molecule has 0 aliphatic carbocycles. The van der Waals surface area contributed by atoms with Crippen molar-refractivity contribution < 1.29 is 19.1 Å². The van der Waals surface area contributed by atoms with Crippen LogP contribution >= 0.6 is 0 Å². The van der Waals surface area contributed by atoms with Gasteiger partial charge >= 0.3 is 5.97 Å². The summed E-state index contributed by atoms with van der Waals surface area (Å²) < 4.78 is 10.3. The van der Waals surface area contributed by atoms with Gasteiger partial charge in [-0.05, 0) is 6.42 Å². The van der Waals surface area contributed by atoms with Gasteiger partial charge in [-0.3, -0.25) is 9.59 Å². The van der Waals surface area contributed by atoms with Gasteiger partial charge in [-0.2, -0.15) is 0 Å². The molecule has 0 radical (unpaired) electrons. The number of amides is 1. The van der Waals surface area contributed by atoms with Gasteiger partial charge in [0.1, 0.15) is 6.10 Å². The zero-order valence-electron chi connectivity index (χ0n) is 9.48. The molecule has 2 unspecified atom stereocenters. The number of carbonyl (C=O) groups excluding carboxylic acids is 2. The normalized spacial score (nSPS) is 30.3. The molecule has 2 heterocycles. The summed E-state index contributed by atoms with van der Waals surface area (Å²) in [5.74, 6) is -0.491. The van der Waals surface area contributed by atoms with Crippen molar-refractivity contribution in [2.45, 2.75) is 25.9 Å². The molecule has 16 heavy (non-hydrogen) atoms. The maximum atomic E-state index is 12.2. The highest BCUT2D eigenvalue weighted by Gasteiger charge is 2.40. The van der Waals surface area contributed by atoms with Crippen LogP contribution in [0, 0.1) is 5.92 Å². The van der Waals surface area contributed by atoms with Crippen molar-refractivity contribution >= 4 is 11.9 Å². The van der Waals surface area contributed by atoms with Gasteiger partial charge in [-0.1, -0.05) is 6.92 Å². The van der Waals surface area contributed by atoms with Gasteiger partial charge in [0, 0.05) is 13.1 Å². The zero-order chi connectivity index (χ0) is 11.5. The van der Waals surface area contributed by atoms with Crippen LogP contribution in [0.2, 0.25) is 0 Å². The quantitative estimate of drug-likeness (QED) is 0.632. The Balaban J connectivity index is 1.99. The van der Waals surface area contributed by atoms with E-state index in [0.29, 0.717) is 32.7 Å². The minimum atomic E-state index is -0.282. The predicted molar refractivity (Wildman–Crippen MR) is 55.7 cm³/mol. The largest absolute Gasteiger partial charge is 0.461 e. The Hall–Kier alpha value is -1.10. The summed E-state index contributed by atoms with van der Waals surface area (Å²) in [5, 5.41) is 0. The summed E-state index contributed by atoms with van der Waals surface area (Å²) >= 11 is 0. The first-order chi connectivity index (χ1) is 7.72. The minimum absolute atomic E-state index is 0.0426. The first-order valence-electron chi connectivity index (χ1n) is 5.78. The molecule has 2 aliphatic heterocycles. The lowest BCUT2D eigenvalue weighted by molar-refractivity contribution is -0.143. The summed E-state index contributed by atoms with van der Waals surface area (Å²) in [4.78, 5) is 25.1. The fourth-order valence-corrected chi connectivity index (χ4v) is 2.24. The zero-order valence-corrected chi connectivity index (χ0v) is 9.48. The van der Waals surface area contributed by atoms with E-state index < -0.39 is 0 Å². The molecule has 0 bridgehead atoms. The van der Waals surface area contributed by atoms with Gasteiger partial charge in [0.25, 0.3) is 0 Å². The SMILES string of the molecule is CCC1OC(=O)CC1C(=O)N1CCOCC1. The molecule has 0 saturated carbocycles. The molecule has 90 valence electrons. The van der Waals surface area contributed by atoms with Crippen LogP contribution in [0.5, 0.6) is 0 Å². The number of hydrogen-bond donors (Lipinski definition) is 0. The third-order valence-electron chi connectivity index (χ3n) is 3.16. The fourth-order valence-electron chi connectivity index (χ4n) is 2.24. The van der Waals surface area contributed by atoms with Crippen molar-refractivity contribution in [1.82, 2.24) is 4.90 Å². The Morgan fingerprint density at radius 3 is 2.75 bits per heavy atom. The highest BCUT2D eigenvalue weighted by atomic mass is 16.6. The maximum Gasteiger partial charge on any atom is 0.307 e. The molecule has 5 nitrogen and oxygen atoms in total. The average molecular weight is 227 g/mol. The van der Waals surface area contributed by atoms with E-state index in [0.717, 1.165) is 0 Å². The van der Waals surface area contributed by atoms with Gasteiger partial charge in [-0.15, -0.1) is 0 Å². The maximum absolute atomic E-state index is 12.2. The summed E-state index contributed by atoms with van der Waals surface area (Å²) in [7, 11) is 0. The molecular weight excluding hydrogens is 210 g/mol. The monoisotopic (exact) mass is 227 g/mol. The number of nitrogens with zero attached hydrogens (tertiary/aromatic N) is 1. The highest BCUT2D eigenvalue weighted by Crippen LogP contribution is 2.26. The van der Waals surface area contributed by atoms with Crippen LogP contribution in [0.3, 0.4) is 0 Å². The second kappa shape index (κ2) is 4.82. The number of esters is 1. The summed E-state index contributed by atoms with van der Waals surface area (Å²) in [6.07, 6.45) is 0.698. The van der Waals surface area contributed by atoms with Gasteiger partial charge in [0.2, 0.25) is 5.91 Å². The van der Waals surface area contributed by atoms with Crippen LogP contribution in [0.4, 0.5) is 0 Å². The van der Waals surface area contributed by atoms with E-state index in [1.165, 1.54) is 0 Å². The molecule has 5 heteroatoms. The van der Waals surface area contributed by atoms with E-state index in [2.05, 4.69) is 0 Å². The topological polar surface area (TPSA) is 55.8 Å². The van der Waals surface area contributed by atoms with Crippen LogP contribution in [0.25, 0.3) is 0 Å². The molecule has 0 aromatic heterocycles. The van der Waals surface area contributed by atoms with Gasteiger partial charge in [0.05, 0.1) is 25.6 Å². The molecule has 2 rings (SSSR count). The van der Waals surface area contributed by atoms with E-state index in [4.69, 9.17) is 9.47 Å². The third kappa shape index (κ3) is 2.19. The molecule has 0 N–H and O–H groups in total. The van der Waals surface area contributed by atoms with Crippen molar-refractivity contribution in [1.29, 1.82) is 0 Å². The molecule has 2 atom stereocenters. The summed E-state index contributed by atoms with van der Waals surface area (Å²) in [5.41, 5.74) is 0. The predicted octanol–water partition coefficient (Wildman–Crippen LogP) is 0.187. The van der Waals surface area contributed by atoms with Crippen molar-refractivity contribution in [3.63, 3.8) is 0 Å². The Kier molecular flexibility index (Phi) is 3.43. The van der Waals surface area contributed by atoms with E-state index in [1.54, 1.807) is 4.90 Å². The minimum Gasteiger partial charge on any atom is -0.461 e. The van der Waals surface area contributed by atoms with Gasteiger partial charge < -0.3 is 14.4 Å². The van der Waals surface area contributed by atoms with Crippen LogP contribution in [0.15, 0.2) is 0 Å². The standard InChI is InChI=1S/C11H17NO4/c1-2-9-8(7-10(13)16-9)11(14)12-3-5-15-6-4-12/h8-9H,2-7H2,1H3. The molecule has 1 amide bonds. The van der Waals surface area contributed by atoms with Crippen molar-refractivity contribution in [3.8, 4) is 0 Å². The first kappa shape index (κ1) is 11.4.